The summed E-state index contributed by atoms with van der Waals surface area (Å²) >= 11 is 0. The van der Waals surface area contributed by atoms with Gasteiger partial charge in [-0.25, -0.2) is 4.68 Å². The molecule has 1 aromatic heterocycles. The van der Waals surface area contributed by atoms with Crippen LogP contribution in [-0.2, 0) is 16.1 Å². The van der Waals surface area contributed by atoms with Crippen LogP contribution < -0.4 is 19.7 Å². The van der Waals surface area contributed by atoms with Gasteiger partial charge in [-0.1, -0.05) is 23.4 Å². The molecule has 1 heterocycles. The van der Waals surface area contributed by atoms with Gasteiger partial charge in [-0.05, 0) is 88.2 Å². The third kappa shape index (κ3) is 6.03. The van der Waals surface area contributed by atoms with E-state index >= 15 is 0 Å². The third-order valence-electron chi connectivity index (χ3n) is 6.48. The number of carbonyl (C=O) groups excluding carboxylic acids is 2. The number of ether oxygens (including phenoxy) is 2. The molecule has 2 amide bonds. The summed E-state index contributed by atoms with van der Waals surface area (Å²) in [6, 6.07) is 17.3. The number of rotatable bonds is 8. The number of carbonyl (C=O) groups is 2. The average molecular weight is 530 g/mol. The molecule has 0 unspecified atom stereocenters. The molecular formula is C30H35N5O4. The van der Waals surface area contributed by atoms with Gasteiger partial charge in [0.25, 0.3) is 0 Å². The second kappa shape index (κ2) is 11.1. The van der Waals surface area contributed by atoms with E-state index in [0.717, 1.165) is 16.6 Å². The zero-order valence-electron chi connectivity index (χ0n) is 23.5. The Morgan fingerprint density at radius 1 is 0.974 bits per heavy atom. The van der Waals surface area contributed by atoms with E-state index < -0.39 is 11.6 Å². The molecule has 0 radical (unpaired) electrons. The highest BCUT2D eigenvalue weighted by atomic mass is 16.5. The van der Waals surface area contributed by atoms with Crippen LogP contribution in [0.1, 0.15) is 43.5 Å². The minimum atomic E-state index is -1.07. The molecule has 0 aliphatic heterocycles. The van der Waals surface area contributed by atoms with E-state index in [-0.39, 0.29) is 18.4 Å². The number of fused-ring (bicyclic) bond motifs is 1. The van der Waals surface area contributed by atoms with Crippen LogP contribution in [0.2, 0.25) is 0 Å². The fraction of sp³-hybridized carbons (Fsp3) is 0.333. The van der Waals surface area contributed by atoms with E-state index in [2.05, 4.69) is 15.6 Å². The van der Waals surface area contributed by atoms with E-state index in [1.807, 2.05) is 77.1 Å². The van der Waals surface area contributed by atoms with Crippen molar-refractivity contribution in [1.29, 1.82) is 0 Å². The Morgan fingerprint density at radius 2 is 1.72 bits per heavy atom. The van der Waals surface area contributed by atoms with Gasteiger partial charge in [0.15, 0.2) is 0 Å². The lowest BCUT2D eigenvalue weighted by molar-refractivity contribution is -0.128. The van der Waals surface area contributed by atoms with Crippen molar-refractivity contribution in [1.82, 2.24) is 20.3 Å². The van der Waals surface area contributed by atoms with Crippen molar-refractivity contribution in [2.75, 3.05) is 19.1 Å². The fourth-order valence-corrected chi connectivity index (χ4v) is 4.44. The maximum Gasteiger partial charge on any atom is 0.249 e. The molecule has 204 valence electrons. The first-order chi connectivity index (χ1) is 18.5. The highest BCUT2D eigenvalue weighted by Gasteiger charge is 2.37. The van der Waals surface area contributed by atoms with Crippen LogP contribution in [0.3, 0.4) is 0 Å². The molecule has 9 heteroatoms. The second-order valence-electron chi connectivity index (χ2n) is 10.5. The van der Waals surface area contributed by atoms with Crippen LogP contribution in [0.15, 0.2) is 60.7 Å². The number of aromatic nitrogens is 3. The van der Waals surface area contributed by atoms with Crippen LogP contribution >= 0.6 is 0 Å². The largest absolute Gasteiger partial charge is 0.497 e. The number of methoxy groups -OCH3 is 2. The molecular weight excluding hydrogens is 494 g/mol. The van der Waals surface area contributed by atoms with E-state index in [1.165, 1.54) is 12.0 Å². The van der Waals surface area contributed by atoms with E-state index in [9.17, 15) is 9.59 Å². The van der Waals surface area contributed by atoms with Crippen molar-refractivity contribution in [3.63, 3.8) is 0 Å². The monoisotopic (exact) mass is 529 g/mol. The molecule has 1 N–H and O–H groups in total. The SMILES string of the molecule is COc1ccc(OC)c([C@@H](C(=O)NC(C)(C)C)N(C(=O)Cn2nnc3ccccc32)c2ccc(C)c(C)c2)c1. The zero-order valence-corrected chi connectivity index (χ0v) is 23.5. The number of aryl methyl sites for hydroxylation is 2. The predicted molar refractivity (Wildman–Crippen MR) is 151 cm³/mol. The molecule has 0 fully saturated rings. The summed E-state index contributed by atoms with van der Waals surface area (Å²) in [5.74, 6) is 0.295. The van der Waals surface area contributed by atoms with Gasteiger partial charge in [0, 0.05) is 16.8 Å². The Balaban J connectivity index is 1.92. The summed E-state index contributed by atoms with van der Waals surface area (Å²) in [7, 11) is 3.09. The van der Waals surface area contributed by atoms with Crippen LogP contribution in [0.5, 0.6) is 11.5 Å². The lowest BCUT2D eigenvalue weighted by Crippen LogP contribution is -2.50. The number of amides is 2. The topological polar surface area (TPSA) is 98.6 Å². The number of nitrogens with zero attached hydrogens (tertiary/aromatic N) is 4. The minimum absolute atomic E-state index is 0.126. The molecule has 4 rings (SSSR count). The van der Waals surface area contributed by atoms with Crippen LogP contribution in [0.25, 0.3) is 11.0 Å². The van der Waals surface area contributed by atoms with Crippen molar-refractivity contribution >= 4 is 28.5 Å². The lowest BCUT2D eigenvalue weighted by atomic mass is 9.98. The number of nitrogens with one attached hydrogen (secondary N) is 1. The summed E-state index contributed by atoms with van der Waals surface area (Å²) in [5.41, 5.74) is 3.98. The Labute approximate surface area is 228 Å². The van der Waals surface area contributed by atoms with Gasteiger partial charge in [0.05, 0.1) is 19.7 Å². The molecule has 3 aromatic carbocycles. The average Bonchev–Trinajstić information content (AvgIpc) is 3.30. The fourth-order valence-electron chi connectivity index (χ4n) is 4.44. The first-order valence-corrected chi connectivity index (χ1v) is 12.7. The van der Waals surface area contributed by atoms with Crippen LogP contribution in [-0.4, -0.2) is 46.6 Å². The number of anilines is 1. The van der Waals surface area contributed by atoms with Gasteiger partial charge in [-0.2, -0.15) is 0 Å². The van der Waals surface area contributed by atoms with Gasteiger partial charge in [-0.3, -0.25) is 14.5 Å². The molecule has 0 saturated carbocycles. The highest BCUT2D eigenvalue weighted by molar-refractivity contribution is 6.02. The summed E-state index contributed by atoms with van der Waals surface area (Å²) in [5, 5.41) is 11.5. The summed E-state index contributed by atoms with van der Waals surface area (Å²) in [4.78, 5) is 29.9. The zero-order chi connectivity index (χ0) is 28.3. The molecule has 0 saturated heterocycles. The molecule has 1 atom stereocenters. The van der Waals surface area contributed by atoms with Gasteiger partial charge in [0.1, 0.15) is 29.6 Å². The number of para-hydroxylation sites is 1. The first kappa shape index (κ1) is 27.6. The van der Waals surface area contributed by atoms with E-state index in [0.29, 0.717) is 28.3 Å². The second-order valence-corrected chi connectivity index (χ2v) is 10.5. The Morgan fingerprint density at radius 3 is 2.38 bits per heavy atom. The van der Waals surface area contributed by atoms with Gasteiger partial charge in [0.2, 0.25) is 11.8 Å². The number of hydrogen-bond donors (Lipinski definition) is 1. The molecule has 0 aliphatic carbocycles. The Kier molecular flexibility index (Phi) is 7.90. The number of benzene rings is 3. The third-order valence-corrected chi connectivity index (χ3v) is 6.48. The van der Waals surface area contributed by atoms with Gasteiger partial charge in [-0.15, -0.1) is 5.10 Å². The maximum absolute atomic E-state index is 14.3. The lowest BCUT2D eigenvalue weighted by Gasteiger charge is -2.34. The normalized spacial score (nSPS) is 12.2. The van der Waals surface area contributed by atoms with Crippen molar-refractivity contribution in [3.05, 3.63) is 77.4 Å². The van der Waals surface area contributed by atoms with Crippen molar-refractivity contribution < 1.29 is 19.1 Å². The molecule has 39 heavy (non-hydrogen) atoms. The summed E-state index contributed by atoms with van der Waals surface area (Å²) in [6.45, 7) is 9.54. The van der Waals surface area contributed by atoms with Gasteiger partial charge >= 0.3 is 0 Å². The van der Waals surface area contributed by atoms with E-state index in [4.69, 9.17) is 9.47 Å². The number of hydrogen-bond acceptors (Lipinski definition) is 6. The first-order valence-electron chi connectivity index (χ1n) is 12.7. The van der Waals surface area contributed by atoms with Crippen LogP contribution in [0, 0.1) is 13.8 Å². The molecule has 4 aromatic rings. The molecule has 0 bridgehead atoms. The highest BCUT2D eigenvalue weighted by Crippen LogP contribution is 2.37. The van der Waals surface area contributed by atoms with Gasteiger partial charge < -0.3 is 14.8 Å². The molecule has 0 spiro atoms. The summed E-state index contributed by atoms with van der Waals surface area (Å²) in [6.07, 6.45) is 0. The quantitative estimate of drug-likeness (QED) is 0.354. The van der Waals surface area contributed by atoms with Crippen molar-refractivity contribution in [3.8, 4) is 11.5 Å². The Hall–Kier alpha value is -4.40. The predicted octanol–water partition coefficient (Wildman–Crippen LogP) is 4.75. The van der Waals surface area contributed by atoms with Crippen molar-refractivity contribution in [2.45, 2.75) is 52.7 Å². The minimum Gasteiger partial charge on any atom is -0.497 e. The van der Waals surface area contributed by atoms with Crippen LogP contribution in [0.4, 0.5) is 5.69 Å². The maximum atomic E-state index is 14.3. The molecule has 0 aliphatic rings. The smallest absolute Gasteiger partial charge is 0.249 e. The van der Waals surface area contributed by atoms with E-state index in [1.54, 1.807) is 30.0 Å². The summed E-state index contributed by atoms with van der Waals surface area (Å²) < 4.78 is 12.7. The Bertz CT molecular complexity index is 1510. The van der Waals surface area contributed by atoms with Crippen molar-refractivity contribution in [2.24, 2.45) is 0 Å². The molecule has 9 nitrogen and oxygen atoms in total. The standard InChI is InChI=1S/C30H35N5O4/c1-19-12-13-21(16-20(19)2)35(27(36)18-34-25-11-9-8-10-24(25)32-33-34)28(29(37)31-30(3,4)5)23-17-22(38-6)14-15-26(23)39-7/h8-17,28H,18H2,1-7H3,(H,31,37)/t28-/m0/s1.